The van der Waals surface area contributed by atoms with E-state index in [1.807, 2.05) is 0 Å². The summed E-state index contributed by atoms with van der Waals surface area (Å²) in [5, 5.41) is 220. The highest BCUT2D eigenvalue weighted by Gasteiger charge is 2.57. The molecular formula is C46H78N2O35. The van der Waals surface area contributed by atoms with Crippen LogP contribution in [-0.4, -0.2) is 368 Å². The summed E-state index contributed by atoms with van der Waals surface area (Å²) < 4.78 is 74.3. The van der Waals surface area contributed by atoms with Crippen LogP contribution in [0.25, 0.3) is 0 Å². The lowest BCUT2D eigenvalue weighted by molar-refractivity contribution is -0.384. The first-order valence-corrected chi connectivity index (χ1v) is 26.5. The molecule has 1 unspecified atom stereocenters. The maximum atomic E-state index is 12.8. The van der Waals surface area contributed by atoms with E-state index in [2.05, 4.69) is 10.6 Å². The number of hydrogen-bond acceptors (Lipinski definition) is 35. The van der Waals surface area contributed by atoms with Crippen LogP contribution < -0.4 is 10.6 Å². The lowest BCUT2D eigenvalue weighted by atomic mass is 9.94. The number of hydrogen-bond donors (Lipinski definition) is 22. The Morgan fingerprint density at radius 2 is 0.687 bits per heavy atom. The van der Waals surface area contributed by atoms with E-state index < -0.39 is 266 Å². The minimum atomic E-state index is -2.31. The van der Waals surface area contributed by atoms with Crippen LogP contribution in [0.2, 0.25) is 0 Å². The second-order valence-corrected chi connectivity index (χ2v) is 21.1. The molecule has 37 nitrogen and oxygen atoms in total. The minimum absolute atomic E-state index is 0.757. The van der Waals surface area contributed by atoms with Crippen molar-refractivity contribution in [2.75, 3.05) is 39.6 Å². The Hall–Kier alpha value is -2.38. The van der Waals surface area contributed by atoms with Gasteiger partial charge in [0.15, 0.2) is 44.0 Å². The highest BCUT2D eigenvalue weighted by Crippen LogP contribution is 2.36. The van der Waals surface area contributed by atoms with E-state index in [4.69, 9.17) is 61.6 Å². The second-order valence-electron chi connectivity index (χ2n) is 21.1. The van der Waals surface area contributed by atoms with Gasteiger partial charge in [0.25, 0.3) is 0 Å². The van der Waals surface area contributed by atoms with E-state index >= 15 is 0 Å². The van der Waals surface area contributed by atoms with Gasteiger partial charge in [0.05, 0.1) is 45.7 Å². The zero-order valence-electron chi connectivity index (χ0n) is 44.5. The molecule has 0 saturated carbocycles. The number of aliphatic hydroxyl groups is 20. The Bertz CT molecular complexity index is 2040. The normalized spacial score (nSPS) is 50.8. The van der Waals surface area contributed by atoms with Crippen molar-refractivity contribution < 1.29 is 173 Å². The molecule has 7 saturated heterocycles. The largest absolute Gasteiger partial charge is 0.394 e. The maximum absolute atomic E-state index is 12.8. The Morgan fingerprint density at radius 1 is 0.337 bits per heavy atom. The lowest BCUT2D eigenvalue weighted by Crippen LogP contribution is -2.70. The zero-order valence-corrected chi connectivity index (χ0v) is 44.5. The molecule has 35 atom stereocenters. The van der Waals surface area contributed by atoms with Crippen molar-refractivity contribution in [1.29, 1.82) is 0 Å². The summed E-state index contributed by atoms with van der Waals surface area (Å²) in [4.78, 5) is 25.0. The SMILES string of the molecule is CC(=O)N[C@H]1[C@H](O[C@H]2[C@H](O)[C@@H](NC(C)=O)C(O)O[C@@H]2CO[C@@H]2O[C@@H](C)[C@@H](O)[C@@H](O)[C@@H]2O)O[C@H](CO)[C@@H](O[C@@H]2O[C@H](CO[C@H]3O[C@H](CO[C@H]4O[C@H](CO)[C@@H](O)[C@H](O)[C@@H]4O)[C@@H](O)[C@H](O)[C@@H]3O)[C@@H](O)[C@H](O[C@H]3O[C@H](CO)[C@@H](O)[C@H](O)[C@@H]3O)[C@@H]2O)[C@@H]1O. The van der Waals surface area contributed by atoms with Crippen molar-refractivity contribution >= 4 is 11.8 Å². The summed E-state index contributed by atoms with van der Waals surface area (Å²) in [6.07, 6.45) is -62.2. The van der Waals surface area contributed by atoms with Crippen LogP contribution in [0.1, 0.15) is 20.8 Å². The molecule has 0 bridgehead atoms. The standard InChI is InChI=1S/C46H78N2O35/c1-10-21(54)28(61)32(65)42(74-10)73-9-18-38(26(59)19(40(70)75-18)47-11(2)52)81-41-20(48-12(3)53)27(60)37(15(6-51)78-41)82-46-36(69)39(83-45-35(68)30(63)23(56)14(5-50)77-45)25(58)17(80-46)8-72-44-34(67)31(64)24(57)16(79-44)7-71-43-33(66)29(62)22(55)13(4-49)76-43/h10,13-46,49-51,54-70H,4-9H2,1-3H3,(H,47,52)(H,48,53)/t10-,13+,14+,15+,16+,17+,18+,19+,20+,21+,22+,23+,24+,25+,26+,27+,28+,29-,30-,31-,32-,33-,34-,35-,36-,37+,38+,39-,40?,41-,42+,43-,44-,45+,46-/m0/s1. The molecule has 0 aromatic carbocycles. The van der Waals surface area contributed by atoms with Crippen LogP contribution in [0.15, 0.2) is 0 Å². The third-order valence-electron chi connectivity index (χ3n) is 15.2. The fourth-order valence-electron chi connectivity index (χ4n) is 10.4. The summed E-state index contributed by atoms with van der Waals surface area (Å²) in [5.41, 5.74) is 0. The first kappa shape index (κ1) is 68.1. The Morgan fingerprint density at radius 3 is 1.20 bits per heavy atom. The Kier molecular flexibility index (Phi) is 24.0. The smallest absolute Gasteiger partial charge is 0.217 e. The molecule has 0 spiro atoms. The van der Waals surface area contributed by atoms with Crippen LogP contribution in [0, 0.1) is 0 Å². The lowest BCUT2D eigenvalue weighted by Gasteiger charge is -2.50. The van der Waals surface area contributed by atoms with Crippen molar-refractivity contribution in [2.24, 2.45) is 0 Å². The topological polar surface area (TPSA) is 583 Å². The summed E-state index contributed by atoms with van der Waals surface area (Å²) in [7, 11) is 0. The molecule has 7 aliphatic rings. The van der Waals surface area contributed by atoms with Gasteiger partial charge in [0, 0.05) is 13.8 Å². The highest BCUT2D eigenvalue weighted by molar-refractivity contribution is 5.73. The molecule has 0 radical (unpaired) electrons. The molecular weight excluding hydrogens is 1140 g/mol. The van der Waals surface area contributed by atoms with Crippen molar-refractivity contribution in [3.8, 4) is 0 Å². The van der Waals surface area contributed by atoms with Crippen LogP contribution in [0.5, 0.6) is 0 Å². The molecule has 83 heavy (non-hydrogen) atoms. The number of carbonyl (C=O) groups excluding carboxylic acids is 2. The molecule has 37 heteroatoms. The first-order valence-electron chi connectivity index (χ1n) is 26.5. The summed E-state index contributed by atoms with van der Waals surface area (Å²) in [5.74, 6) is -1.65. The van der Waals surface area contributed by atoms with Gasteiger partial charge >= 0.3 is 0 Å². The monoisotopic (exact) mass is 1220 g/mol. The van der Waals surface area contributed by atoms with Crippen molar-refractivity contribution in [2.45, 2.75) is 236 Å². The summed E-state index contributed by atoms with van der Waals surface area (Å²) in [6, 6.07) is -3.49. The molecule has 482 valence electrons. The Balaban J connectivity index is 1.12. The van der Waals surface area contributed by atoms with E-state index in [1.165, 1.54) is 6.92 Å². The minimum Gasteiger partial charge on any atom is -0.394 e. The molecule has 0 aromatic rings. The van der Waals surface area contributed by atoms with Crippen LogP contribution >= 0.6 is 0 Å². The van der Waals surface area contributed by atoms with E-state index in [-0.39, 0.29) is 0 Å². The predicted molar refractivity (Wildman–Crippen MR) is 254 cm³/mol. The summed E-state index contributed by atoms with van der Waals surface area (Å²) >= 11 is 0. The third-order valence-corrected chi connectivity index (χ3v) is 15.2. The van der Waals surface area contributed by atoms with E-state index in [0.29, 0.717) is 0 Å². The Labute approximate surface area is 470 Å². The van der Waals surface area contributed by atoms with Crippen LogP contribution in [0.3, 0.4) is 0 Å². The summed E-state index contributed by atoms with van der Waals surface area (Å²) in [6.45, 7) is -2.04. The number of aliphatic hydroxyl groups excluding tert-OH is 20. The predicted octanol–water partition coefficient (Wildman–Crippen LogP) is -15.0. The van der Waals surface area contributed by atoms with Crippen molar-refractivity contribution in [1.82, 2.24) is 10.6 Å². The van der Waals surface area contributed by atoms with E-state index in [1.54, 1.807) is 0 Å². The fourth-order valence-corrected chi connectivity index (χ4v) is 10.4. The molecule has 0 aliphatic carbocycles. The average Bonchev–Trinajstić information content (AvgIpc) is 3.62. The molecule has 0 aromatic heterocycles. The number of amides is 2. The van der Waals surface area contributed by atoms with Crippen LogP contribution in [-0.2, 0) is 71.2 Å². The molecule has 22 N–H and O–H groups in total. The van der Waals surface area contributed by atoms with Gasteiger partial charge in [-0.2, -0.15) is 0 Å². The molecule has 7 rings (SSSR count). The molecule has 2 amide bonds. The van der Waals surface area contributed by atoms with E-state index in [9.17, 15) is 112 Å². The molecule has 7 aliphatic heterocycles. The number of carbonyl (C=O) groups is 2. The van der Waals surface area contributed by atoms with Crippen molar-refractivity contribution in [3.63, 3.8) is 0 Å². The van der Waals surface area contributed by atoms with Gasteiger partial charge in [-0.25, -0.2) is 0 Å². The van der Waals surface area contributed by atoms with Crippen molar-refractivity contribution in [3.05, 3.63) is 0 Å². The number of nitrogens with one attached hydrogen (secondary N) is 2. The fraction of sp³-hybridized carbons (Fsp3) is 0.957. The number of ether oxygens (including phenoxy) is 13. The second kappa shape index (κ2) is 29.3. The van der Waals surface area contributed by atoms with E-state index in [0.717, 1.165) is 13.8 Å². The van der Waals surface area contributed by atoms with Gasteiger partial charge in [-0.15, -0.1) is 0 Å². The quantitative estimate of drug-likeness (QED) is 0.0538. The zero-order chi connectivity index (χ0) is 61.2. The van der Waals surface area contributed by atoms with Gasteiger partial charge in [0.2, 0.25) is 11.8 Å². The first-order chi connectivity index (χ1) is 39.1. The van der Waals surface area contributed by atoms with Gasteiger partial charge in [-0.3, -0.25) is 9.59 Å². The van der Waals surface area contributed by atoms with Gasteiger partial charge in [0.1, 0.15) is 165 Å². The van der Waals surface area contributed by atoms with Gasteiger partial charge in [-0.1, -0.05) is 0 Å². The third kappa shape index (κ3) is 15.0. The molecule has 7 heterocycles. The highest BCUT2D eigenvalue weighted by atomic mass is 16.8. The number of rotatable bonds is 20. The molecule has 7 fully saturated rings. The average molecular weight is 1220 g/mol. The van der Waals surface area contributed by atoms with Gasteiger partial charge in [-0.05, 0) is 6.92 Å². The van der Waals surface area contributed by atoms with Gasteiger partial charge < -0.3 is 174 Å². The maximum Gasteiger partial charge on any atom is 0.217 e. The van der Waals surface area contributed by atoms with Crippen LogP contribution in [0.4, 0.5) is 0 Å².